The second kappa shape index (κ2) is 21.7. The smallest absolute Gasteiger partial charge is 0.303 e. The summed E-state index contributed by atoms with van der Waals surface area (Å²) in [4.78, 5) is 10.3. The van der Waals surface area contributed by atoms with Crippen LogP contribution in [0.15, 0.2) is 0 Å². The number of unbranched alkanes of at least 4 members (excludes halogenated alkanes) is 14. The van der Waals surface area contributed by atoms with Crippen molar-refractivity contribution < 1.29 is 14.4 Å². The van der Waals surface area contributed by atoms with Crippen molar-refractivity contribution in [2.75, 3.05) is 27.2 Å². The third kappa shape index (κ3) is 27.7. The number of quaternary nitrogens is 1. The summed E-state index contributed by atoms with van der Waals surface area (Å²) in [6, 6.07) is 0. The lowest BCUT2D eigenvalue weighted by Crippen LogP contribution is -2.38. The van der Waals surface area contributed by atoms with Gasteiger partial charge in [-0.1, -0.05) is 96.8 Å². The van der Waals surface area contributed by atoms with Crippen LogP contribution in [0, 0.1) is 0 Å². The van der Waals surface area contributed by atoms with Crippen LogP contribution in [0.3, 0.4) is 0 Å². The predicted octanol–water partition coefficient (Wildman–Crippen LogP) is 7.44. The van der Waals surface area contributed by atoms with E-state index in [1.807, 2.05) is 0 Å². The van der Waals surface area contributed by atoms with Gasteiger partial charge in [0.1, 0.15) is 0 Å². The van der Waals surface area contributed by atoms with Gasteiger partial charge in [-0.05, 0) is 20.3 Å². The fourth-order valence-corrected chi connectivity index (χ4v) is 2.87. The fraction of sp³-hybridized carbons (Fsp3) is 0.958. The zero-order valence-corrected chi connectivity index (χ0v) is 19.5. The van der Waals surface area contributed by atoms with E-state index in [-0.39, 0.29) is 0 Å². The summed E-state index contributed by atoms with van der Waals surface area (Å²) in [5.41, 5.74) is 0. The van der Waals surface area contributed by atoms with Crippen molar-refractivity contribution in [1.29, 1.82) is 0 Å². The zero-order valence-electron chi connectivity index (χ0n) is 19.5. The van der Waals surface area contributed by atoms with Crippen LogP contribution in [0.2, 0.25) is 0 Å². The number of carbonyl (C=O) groups is 1. The first-order chi connectivity index (χ1) is 12.9. The van der Waals surface area contributed by atoms with Gasteiger partial charge < -0.3 is 9.59 Å². The quantitative estimate of drug-likeness (QED) is 0.196. The Morgan fingerprint density at radius 1 is 0.593 bits per heavy atom. The average Bonchev–Trinajstić information content (AvgIpc) is 2.65. The summed E-state index contributed by atoms with van der Waals surface area (Å²) in [7, 11) is 4.47. The lowest BCUT2D eigenvalue weighted by molar-refractivity contribution is -0.886. The number of hydrogen-bond donors (Lipinski definition) is 1. The summed E-state index contributed by atoms with van der Waals surface area (Å²) >= 11 is 0. The lowest BCUT2D eigenvalue weighted by Gasteiger charge is -2.25. The number of rotatable bonds is 18. The van der Waals surface area contributed by atoms with Gasteiger partial charge in [0.25, 0.3) is 0 Å². The molecule has 0 atom stereocenters. The van der Waals surface area contributed by atoms with E-state index < -0.39 is 5.97 Å². The molecule has 0 aromatic carbocycles. The van der Waals surface area contributed by atoms with Crippen molar-refractivity contribution >= 4 is 5.97 Å². The minimum absolute atomic E-state index is 0.345. The SMILES string of the molecule is CCCCCCCCCCCCCCCCCC(=O)O.CC[N+](C)(C)CC. The lowest BCUT2D eigenvalue weighted by atomic mass is 10.0. The van der Waals surface area contributed by atoms with Crippen LogP contribution in [-0.2, 0) is 4.79 Å². The molecule has 0 aliphatic rings. The molecule has 0 saturated carbocycles. The summed E-state index contributed by atoms with van der Waals surface area (Å²) in [5.74, 6) is -0.653. The summed E-state index contributed by atoms with van der Waals surface area (Å²) in [5, 5.41) is 8.52. The molecule has 0 aromatic heterocycles. The minimum atomic E-state index is -0.653. The molecule has 0 aliphatic heterocycles. The van der Waals surface area contributed by atoms with Crippen LogP contribution in [-0.4, -0.2) is 42.7 Å². The van der Waals surface area contributed by atoms with Gasteiger partial charge in [-0.2, -0.15) is 0 Å². The van der Waals surface area contributed by atoms with Crippen molar-refractivity contribution in [1.82, 2.24) is 0 Å². The molecular weight excluding hydrogens is 334 g/mol. The maximum Gasteiger partial charge on any atom is 0.303 e. The van der Waals surface area contributed by atoms with Crippen LogP contribution in [0.1, 0.15) is 124 Å². The summed E-state index contributed by atoms with van der Waals surface area (Å²) < 4.78 is 1.14. The first-order valence-corrected chi connectivity index (χ1v) is 11.9. The largest absolute Gasteiger partial charge is 0.481 e. The molecule has 3 nitrogen and oxygen atoms in total. The van der Waals surface area contributed by atoms with Gasteiger partial charge >= 0.3 is 5.97 Å². The molecule has 0 rings (SSSR count). The highest BCUT2D eigenvalue weighted by molar-refractivity contribution is 5.66. The van der Waals surface area contributed by atoms with Gasteiger partial charge in [0.2, 0.25) is 0 Å². The highest BCUT2D eigenvalue weighted by Crippen LogP contribution is 2.13. The van der Waals surface area contributed by atoms with Crippen molar-refractivity contribution in [2.45, 2.75) is 124 Å². The minimum Gasteiger partial charge on any atom is -0.481 e. The van der Waals surface area contributed by atoms with E-state index in [4.69, 9.17) is 5.11 Å². The second-order valence-corrected chi connectivity index (χ2v) is 8.66. The molecule has 27 heavy (non-hydrogen) atoms. The number of aliphatic carboxylic acids is 1. The number of carboxylic acid groups (broad SMARTS) is 1. The molecule has 0 aliphatic carbocycles. The number of hydrogen-bond acceptors (Lipinski definition) is 1. The van der Waals surface area contributed by atoms with Crippen LogP contribution < -0.4 is 0 Å². The molecular formula is C24H52NO2+. The molecule has 0 amide bonds. The molecule has 0 radical (unpaired) electrons. The van der Waals surface area contributed by atoms with Crippen LogP contribution in [0.25, 0.3) is 0 Å². The standard InChI is InChI=1S/C18H36O2.C6H16N/c1-2-3-4-5-6-7-8-9-10-11-12-13-14-15-16-17-18(19)20;1-5-7(3,4)6-2/h2-17H2,1H3,(H,19,20);5-6H2,1-4H3/q;+1. The normalized spacial score (nSPS) is 11.1. The first kappa shape index (κ1) is 28.6. The Balaban J connectivity index is 0. The van der Waals surface area contributed by atoms with Crippen molar-refractivity contribution in [2.24, 2.45) is 0 Å². The van der Waals surface area contributed by atoms with Gasteiger partial charge in [0.15, 0.2) is 0 Å². The van der Waals surface area contributed by atoms with Gasteiger partial charge in [0.05, 0.1) is 27.2 Å². The van der Waals surface area contributed by atoms with Crippen LogP contribution >= 0.6 is 0 Å². The van der Waals surface area contributed by atoms with Crippen molar-refractivity contribution in [3.8, 4) is 0 Å². The van der Waals surface area contributed by atoms with Gasteiger partial charge in [-0.15, -0.1) is 0 Å². The van der Waals surface area contributed by atoms with E-state index in [1.165, 1.54) is 96.6 Å². The Hall–Kier alpha value is -0.570. The maximum absolute atomic E-state index is 10.3. The molecule has 0 fully saturated rings. The highest BCUT2D eigenvalue weighted by atomic mass is 16.4. The molecule has 1 N–H and O–H groups in total. The summed E-state index contributed by atoms with van der Waals surface area (Å²) in [6.07, 6.45) is 20.2. The Labute approximate surface area is 171 Å². The molecule has 0 bridgehead atoms. The van der Waals surface area contributed by atoms with Crippen LogP contribution in [0.4, 0.5) is 0 Å². The van der Waals surface area contributed by atoms with Gasteiger partial charge in [0, 0.05) is 6.42 Å². The Morgan fingerprint density at radius 2 is 0.889 bits per heavy atom. The zero-order chi connectivity index (χ0) is 20.8. The molecule has 0 heterocycles. The molecule has 0 unspecified atom stereocenters. The average molecular weight is 387 g/mol. The molecule has 0 spiro atoms. The summed E-state index contributed by atoms with van der Waals surface area (Å²) in [6.45, 7) is 9.16. The third-order valence-corrected chi connectivity index (χ3v) is 5.71. The van der Waals surface area contributed by atoms with E-state index in [1.54, 1.807) is 0 Å². The Morgan fingerprint density at radius 3 is 1.11 bits per heavy atom. The second-order valence-electron chi connectivity index (χ2n) is 8.66. The molecule has 0 aromatic rings. The van der Waals surface area contributed by atoms with Crippen LogP contribution in [0.5, 0.6) is 0 Å². The van der Waals surface area contributed by atoms with Crippen molar-refractivity contribution in [3.63, 3.8) is 0 Å². The molecule has 3 heteroatoms. The van der Waals surface area contributed by atoms with E-state index in [0.29, 0.717) is 6.42 Å². The third-order valence-electron chi connectivity index (χ3n) is 5.71. The number of nitrogens with zero attached hydrogens (tertiary/aromatic N) is 1. The molecule has 164 valence electrons. The topological polar surface area (TPSA) is 37.3 Å². The van der Waals surface area contributed by atoms with E-state index in [9.17, 15) is 4.79 Å². The van der Waals surface area contributed by atoms with E-state index in [2.05, 4.69) is 34.9 Å². The maximum atomic E-state index is 10.3. The van der Waals surface area contributed by atoms with E-state index >= 15 is 0 Å². The molecule has 0 saturated heterocycles. The first-order valence-electron chi connectivity index (χ1n) is 11.9. The Kier molecular flexibility index (Phi) is 23.0. The highest BCUT2D eigenvalue weighted by Gasteiger charge is 2.04. The number of carboxylic acids is 1. The predicted molar refractivity (Wildman–Crippen MR) is 120 cm³/mol. The fourth-order valence-electron chi connectivity index (χ4n) is 2.87. The van der Waals surface area contributed by atoms with Gasteiger partial charge in [-0.3, -0.25) is 4.79 Å². The Bertz CT molecular complexity index is 297. The monoisotopic (exact) mass is 386 g/mol. The van der Waals surface area contributed by atoms with Gasteiger partial charge in [-0.25, -0.2) is 0 Å². The van der Waals surface area contributed by atoms with Crippen molar-refractivity contribution in [3.05, 3.63) is 0 Å². The van der Waals surface area contributed by atoms with E-state index in [0.717, 1.165) is 17.3 Å².